The Bertz CT molecular complexity index is 1120. The van der Waals surface area contributed by atoms with Gasteiger partial charge in [0.05, 0.1) is 32.6 Å². The van der Waals surface area contributed by atoms with Crippen molar-refractivity contribution in [3.05, 3.63) is 30.0 Å². The fraction of sp³-hybridized carbons (Fsp3) is 0.600. The van der Waals surface area contributed by atoms with Gasteiger partial charge < -0.3 is 24.8 Å². The molecule has 1 aromatic heterocycles. The SMILES string of the molecule is COC(=O)CNC(=O)C[C@H](CCC1CCCCC1)NC(=O)c1cc(-c2c(OC)cccc2OC)n(CC(C)C)n1. The van der Waals surface area contributed by atoms with Crippen LogP contribution in [0.15, 0.2) is 24.3 Å². The molecule has 2 amide bonds. The first-order chi connectivity index (χ1) is 19.2. The second kappa shape index (κ2) is 15.3. The Morgan fingerprint density at radius 3 is 2.33 bits per heavy atom. The summed E-state index contributed by atoms with van der Waals surface area (Å²) in [6.07, 6.45) is 7.74. The maximum absolute atomic E-state index is 13.5. The molecule has 10 heteroatoms. The van der Waals surface area contributed by atoms with Gasteiger partial charge in [0.25, 0.3) is 5.91 Å². The summed E-state index contributed by atoms with van der Waals surface area (Å²) in [4.78, 5) is 37.6. The van der Waals surface area contributed by atoms with Gasteiger partial charge in [-0.15, -0.1) is 0 Å². The molecule has 0 unspecified atom stereocenters. The van der Waals surface area contributed by atoms with Crippen LogP contribution < -0.4 is 20.1 Å². The minimum absolute atomic E-state index is 0.0648. The van der Waals surface area contributed by atoms with Gasteiger partial charge in [-0.25, -0.2) is 0 Å². The lowest BCUT2D eigenvalue weighted by Crippen LogP contribution is -2.40. The van der Waals surface area contributed by atoms with Crippen LogP contribution in [0.5, 0.6) is 11.5 Å². The lowest BCUT2D eigenvalue weighted by atomic mass is 9.85. The average Bonchev–Trinajstić information content (AvgIpc) is 3.37. The van der Waals surface area contributed by atoms with Crippen molar-refractivity contribution in [2.45, 2.75) is 77.8 Å². The summed E-state index contributed by atoms with van der Waals surface area (Å²) in [7, 11) is 4.46. The molecule has 0 bridgehead atoms. The van der Waals surface area contributed by atoms with Gasteiger partial charge in [0, 0.05) is 19.0 Å². The number of hydrogen-bond donors (Lipinski definition) is 2. The zero-order chi connectivity index (χ0) is 29.1. The molecule has 1 aliphatic carbocycles. The number of carbonyl (C=O) groups is 3. The molecule has 3 rings (SSSR count). The summed E-state index contributed by atoms with van der Waals surface area (Å²) in [5, 5.41) is 10.3. The third kappa shape index (κ3) is 8.72. The van der Waals surface area contributed by atoms with Gasteiger partial charge in [-0.3, -0.25) is 19.1 Å². The third-order valence-corrected chi connectivity index (χ3v) is 7.31. The van der Waals surface area contributed by atoms with E-state index in [1.807, 2.05) is 18.2 Å². The van der Waals surface area contributed by atoms with Gasteiger partial charge in [-0.1, -0.05) is 52.0 Å². The van der Waals surface area contributed by atoms with Crippen LogP contribution >= 0.6 is 0 Å². The van der Waals surface area contributed by atoms with Crippen molar-refractivity contribution in [3.63, 3.8) is 0 Å². The minimum atomic E-state index is -0.522. The van der Waals surface area contributed by atoms with Crippen molar-refractivity contribution >= 4 is 17.8 Å². The van der Waals surface area contributed by atoms with Crippen LogP contribution in [-0.4, -0.2) is 61.5 Å². The highest BCUT2D eigenvalue weighted by atomic mass is 16.5. The van der Waals surface area contributed by atoms with E-state index in [4.69, 9.17) is 9.47 Å². The predicted molar refractivity (Wildman–Crippen MR) is 152 cm³/mol. The molecular weight excluding hydrogens is 512 g/mol. The van der Waals surface area contributed by atoms with E-state index in [2.05, 4.69) is 34.3 Å². The number of carbonyl (C=O) groups excluding carboxylic acids is 3. The van der Waals surface area contributed by atoms with Crippen LogP contribution in [0, 0.1) is 11.8 Å². The maximum atomic E-state index is 13.5. The Balaban J connectivity index is 1.84. The Kier molecular flexibility index (Phi) is 11.8. The van der Waals surface area contributed by atoms with Gasteiger partial charge >= 0.3 is 5.97 Å². The molecule has 2 aromatic rings. The van der Waals surface area contributed by atoms with Crippen LogP contribution in [0.1, 0.15) is 75.7 Å². The smallest absolute Gasteiger partial charge is 0.325 e. The van der Waals surface area contributed by atoms with Crippen molar-refractivity contribution < 1.29 is 28.6 Å². The van der Waals surface area contributed by atoms with E-state index in [0.717, 1.165) is 12.0 Å². The number of nitrogens with zero attached hydrogens (tertiary/aromatic N) is 2. The minimum Gasteiger partial charge on any atom is -0.496 e. The molecule has 1 heterocycles. The van der Waals surface area contributed by atoms with Crippen LogP contribution in [0.4, 0.5) is 0 Å². The van der Waals surface area contributed by atoms with Crippen LogP contribution in [0.2, 0.25) is 0 Å². The molecule has 0 saturated heterocycles. The average molecular weight is 557 g/mol. The topological polar surface area (TPSA) is 121 Å². The maximum Gasteiger partial charge on any atom is 0.325 e. The first-order valence-electron chi connectivity index (χ1n) is 14.2. The second-order valence-corrected chi connectivity index (χ2v) is 10.8. The number of aromatic nitrogens is 2. The van der Waals surface area contributed by atoms with E-state index in [1.54, 1.807) is 25.0 Å². The lowest BCUT2D eigenvalue weighted by molar-refractivity contribution is -0.141. The summed E-state index contributed by atoms with van der Waals surface area (Å²) in [6.45, 7) is 4.55. The van der Waals surface area contributed by atoms with Crippen molar-refractivity contribution in [2.24, 2.45) is 11.8 Å². The van der Waals surface area contributed by atoms with E-state index in [0.29, 0.717) is 36.1 Å². The number of nitrogens with one attached hydrogen (secondary N) is 2. The zero-order valence-corrected chi connectivity index (χ0v) is 24.5. The Morgan fingerprint density at radius 1 is 1.05 bits per heavy atom. The summed E-state index contributed by atoms with van der Waals surface area (Å²) in [6, 6.07) is 6.89. The quantitative estimate of drug-likeness (QED) is 0.332. The molecule has 1 fully saturated rings. The highest BCUT2D eigenvalue weighted by Crippen LogP contribution is 2.39. The van der Waals surface area contributed by atoms with Gasteiger partial charge in [0.15, 0.2) is 5.69 Å². The van der Waals surface area contributed by atoms with E-state index in [1.165, 1.54) is 39.2 Å². The highest BCUT2D eigenvalue weighted by molar-refractivity contribution is 5.94. The number of benzene rings is 1. The van der Waals surface area contributed by atoms with E-state index in [-0.39, 0.29) is 36.4 Å². The standard InChI is InChI=1S/C30H44N4O6/c1-20(2)19-34-24(29-25(38-3)12-9-13-26(29)39-4)17-23(33-34)30(37)32-22(15-14-21-10-7-6-8-11-21)16-27(35)31-18-28(36)40-5/h9,12-13,17,20-22H,6-8,10-11,14-16,18-19H2,1-5H3,(H,31,35)(H,32,37)/t22-/m0/s1. The number of hydrogen-bond acceptors (Lipinski definition) is 7. The van der Waals surface area contributed by atoms with Gasteiger partial charge in [0.1, 0.15) is 18.0 Å². The van der Waals surface area contributed by atoms with Crippen LogP contribution in [0.25, 0.3) is 11.3 Å². The fourth-order valence-corrected chi connectivity index (χ4v) is 5.25. The fourth-order valence-electron chi connectivity index (χ4n) is 5.25. The molecule has 1 saturated carbocycles. The van der Waals surface area contributed by atoms with Crippen LogP contribution in [-0.2, 0) is 20.9 Å². The number of rotatable bonds is 14. The number of esters is 1. The molecule has 1 aliphatic rings. The van der Waals surface area contributed by atoms with Crippen LogP contribution in [0.3, 0.4) is 0 Å². The molecule has 1 atom stereocenters. The number of amides is 2. The Hall–Kier alpha value is -3.56. The second-order valence-electron chi connectivity index (χ2n) is 10.8. The summed E-state index contributed by atoms with van der Waals surface area (Å²) in [5.41, 5.74) is 1.68. The molecule has 0 spiro atoms. The molecule has 40 heavy (non-hydrogen) atoms. The monoisotopic (exact) mass is 556 g/mol. The normalized spacial score (nSPS) is 14.4. The van der Waals surface area contributed by atoms with Crippen molar-refractivity contribution in [1.82, 2.24) is 20.4 Å². The van der Waals surface area contributed by atoms with Gasteiger partial charge in [-0.05, 0) is 42.9 Å². The largest absolute Gasteiger partial charge is 0.496 e. The van der Waals surface area contributed by atoms with E-state index >= 15 is 0 Å². The summed E-state index contributed by atoms with van der Waals surface area (Å²) in [5.74, 6) is 0.910. The van der Waals surface area contributed by atoms with E-state index < -0.39 is 12.0 Å². The predicted octanol–water partition coefficient (Wildman–Crippen LogP) is 4.36. The molecule has 10 nitrogen and oxygen atoms in total. The molecule has 2 N–H and O–H groups in total. The Labute approximate surface area is 237 Å². The highest BCUT2D eigenvalue weighted by Gasteiger charge is 2.25. The number of methoxy groups -OCH3 is 3. The Morgan fingerprint density at radius 2 is 1.73 bits per heavy atom. The van der Waals surface area contributed by atoms with Gasteiger partial charge in [-0.2, -0.15) is 5.10 Å². The number of ether oxygens (including phenoxy) is 3. The van der Waals surface area contributed by atoms with Crippen molar-refractivity contribution in [2.75, 3.05) is 27.9 Å². The molecule has 1 aromatic carbocycles. The molecular formula is C30H44N4O6. The third-order valence-electron chi connectivity index (χ3n) is 7.31. The van der Waals surface area contributed by atoms with Crippen molar-refractivity contribution in [3.8, 4) is 22.8 Å². The first kappa shape index (κ1) is 31.0. The first-order valence-corrected chi connectivity index (χ1v) is 14.2. The van der Waals surface area contributed by atoms with Gasteiger partial charge in [0.2, 0.25) is 5.91 Å². The lowest BCUT2D eigenvalue weighted by Gasteiger charge is -2.24. The summed E-state index contributed by atoms with van der Waals surface area (Å²) >= 11 is 0. The zero-order valence-electron chi connectivity index (χ0n) is 24.5. The molecule has 0 radical (unpaired) electrons. The van der Waals surface area contributed by atoms with E-state index in [9.17, 15) is 14.4 Å². The molecule has 220 valence electrons. The molecule has 0 aliphatic heterocycles. The summed E-state index contributed by atoms with van der Waals surface area (Å²) < 4.78 is 17.7. The van der Waals surface area contributed by atoms with Crippen molar-refractivity contribution in [1.29, 1.82) is 0 Å².